The molecule has 0 saturated carbocycles. The number of likely N-dealkylation sites (tertiary alicyclic amines) is 1. The summed E-state index contributed by atoms with van der Waals surface area (Å²) in [5.74, 6) is -0.420. The zero-order valence-corrected chi connectivity index (χ0v) is 21.3. The molecule has 35 heavy (non-hydrogen) atoms. The van der Waals surface area contributed by atoms with Crippen LogP contribution in [0.3, 0.4) is 0 Å². The van der Waals surface area contributed by atoms with Gasteiger partial charge in [-0.1, -0.05) is 12.8 Å². The number of rotatable bonds is 8. The number of nitrogens with zero attached hydrogens (tertiary/aromatic N) is 3. The number of benzene rings is 1. The second kappa shape index (κ2) is 11.6. The molecule has 192 valence electrons. The number of ether oxygens (including phenoxy) is 1. The second-order valence-corrected chi connectivity index (χ2v) is 11.2. The molecule has 2 saturated heterocycles. The van der Waals surface area contributed by atoms with Crippen LogP contribution in [0, 0.1) is 0 Å². The number of aromatic nitrogens is 1. The van der Waals surface area contributed by atoms with Crippen LogP contribution in [0.1, 0.15) is 49.4 Å². The first kappa shape index (κ1) is 25.8. The van der Waals surface area contributed by atoms with Gasteiger partial charge in [-0.05, 0) is 64.0 Å². The third kappa shape index (κ3) is 5.94. The molecule has 1 amide bonds. The Bertz CT molecular complexity index is 1200. The summed E-state index contributed by atoms with van der Waals surface area (Å²) in [5.41, 5.74) is 0.194. The molecule has 3 heterocycles. The Labute approximate surface area is 207 Å². The van der Waals surface area contributed by atoms with Crippen LogP contribution in [0.15, 0.2) is 34.1 Å². The molecule has 1 N–H and O–H groups in total. The van der Waals surface area contributed by atoms with Crippen LogP contribution in [-0.4, -0.2) is 80.6 Å². The van der Waals surface area contributed by atoms with E-state index in [-0.39, 0.29) is 28.9 Å². The number of carbonyl (C=O) groups is 1. The molecule has 10 heteroatoms. The Morgan fingerprint density at radius 1 is 1.06 bits per heavy atom. The number of carbonyl (C=O) groups excluding carboxylic acids is 1. The van der Waals surface area contributed by atoms with E-state index in [9.17, 15) is 18.0 Å². The third-order valence-corrected chi connectivity index (χ3v) is 8.77. The molecule has 2 aromatic rings. The monoisotopic (exact) mass is 504 g/mol. The lowest BCUT2D eigenvalue weighted by atomic mass is 10.1. The van der Waals surface area contributed by atoms with Crippen LogP contribution in [0.5, 0.6) is 0 Å². The van der Waals surface area contributed by atoms with E-state index in [2.05, 4.69) is 10.2 Å². The number of aryl methyl sites for hydroxylation is 1. The summed E-state index contributed by atoms with van der Waals surface area (Å²) < 4.78 is 34.7. The lowest BCUT2D eigenvalue weighted by Crippen LogP contribution is -2.40. The number of morpholine rings is 1. The fraction of sp³-hybridized carbons (Fsp3) is 0.600. The maximum Gasteiger partial charge on any atom is 0.256 e. The van der Waals surface area contributed by atoms with Gasteiger partial charge in [0.15, 0.2) is 0 Å². The van der Waals surface area contributed by atoms with Gasteiger partial charge in [-0.2, -0.15) is 4.31 Å². The van der Waals surface area contributed by atoms with Crippen molar-refractivity contribution >= 4 is 26.8 Å². The summed E-state index contributed by atoms with van der Waals surface area (Å²) in [4.78, 5) is 28.7. The smallest absolute Gasteiger partial charge is 0.256 e. The molecule has 0 aliphatic carbocycles. The summed E-state index contributed by atoms with van der Waals surface area (Å²) in [6, 6.07) is 4.59. The Morgan fingerprint density at radius 2 is 1.77 bits per heavy atom. The largest absolute Gasteiger partial charge is 0.379 e. The molecule has 2 fully saturated rings. The quantitative estimate of drug-likeness (QED) is 0.552. The van der Waals surface area contributed by atoms with Gasteiger partial charge in [0.1, 0.15) is 5.56 Å². The van der Waals surface area contributed by atoms with E-state index >= 15 is 0 Å². The lowest BCUT2D eigenvalue weighted by molar-refractivity contribution is 0.0730. The van der Waals surface area contributed by atoms with Crippen molar-refractivity contribution in [2.24, 2.45) is 0 Å². The zero-order chi connectivity index (χ0) is 24.8. The maximum atomic E-state index is 13.3. The number of fused-ring (bicyclic) bond motifs is 1. The highest BCUT2D eigenvalue weighted by molar-refractivity contribution is 7.89. The van der Waals surface area contributed by atoms with Crippen LogP contribution in [-0.2, 0) is 21.3 Å². The van der Waals surface area contributed by atoms with Crippen LogP contribution < -0.4 is 10.7 Å². The standard InChI is InChI=1S/C25H36N4O5S/c1-2-28-19-22(25(31)26-10-7-13-27-11-5-3-4-6-12-27)24(30)21-18-20(8-9-23(21)28)35(32,33)29-14-16-34-17-15-29/h8-9,18-19H,2-7,10-17H2,1H3,(H,26,31). The molecule has 1 aromatic heterocycles. The number of sulfonamides is 1. The number of amides is 1. The molecule has 9 nitrogen and oxygen atoms in total. The van der Waals surface area contributed by atoms with E-state index in [0.29, 0.717) is 31.8 Å². The van der Waals surface area contributed by atoms with Gasteiger partial charge in [-0.15, -0.1) is 0 Å². The van der Waals surface area contributed by atoms with Crippen molar-refractivity contribution in [1.82, 2.24) is 19.1 Å². The maximum absolute atomic E-state index is 13.3. The third-order valence-electron chi connectivity index (χ3n) is 6.88. The molecule has 0 unspecified atom stereocenters. The Kier molecular flexibility index (Phi) is 8.59. The van der Waals surface area contributed by atoms with Gasteiger partial charge < -0.3 is 19.5 Å². The van der Waals surface area contributed by atoms with Crippen LogP contribution in [0.4, 0.5) is 0 Å². The minimum Gasteiger partial charge on any atom is -0.379 e. The minimum absolute atomic E-state index is 0.0371. The van der Waals surface area contributed by atoms with E-state index < -0.39 is 21.4 Å². The lowest BCUT2D eigenvalue weighted by Gasteiger charge is -2.26. The van der Waals surface area contributed by atoms with Crippen LogP contribution in [0.2, 0.25) is 0 Å². The predicted octanol–water partition coefficient (Wildman–Crippen LogP) is 2.04. The molecule has 4 rings (SSSR count). The van der Waals surface area contributed by atoms with Crippen molar-refractivity contribution in [2.75, 3.05) is 52.5 Å². The highest BCUT2D eigenvalue weighted by atomic mass is 32.2. The summed E-state index contributed by atoms with van der Waals surface area (Å²) in [5, 5.41) is 3.12. The van der Waals surface area contributed by atoms with Gasteiger partial charge in [-0.25, -0.2) is 8.42 Å². The number of pyridine rings is 1. The predicted molar refractivity (Wildman–Crippen MR) is 135 cm³/mol. The van der Waals surface area contributed by atoms with Crippen LogP contribution >= 0.6 is 0 Å². The summed E-state index contributed by atoms with van der Waals surface area (Å²) in [6.07, 6.45) is 7.42. The second-order valence-electron chi connectivity index (χ2n) is 9.22. The molecular weight excluding hydrogens is 468 g/mol. The molecule has 2 aliphatic rings. The van der Waals surface area contributed by atoms with Crippen molar-refractivity contribution in [3.8, 4) is 0 Å². The summed E-state index contributed by atoms with van der Waals surface area (Å²) in [7, 11) is -3.75. The molecule has 1 aromatic carbocycles. The molecule has 0 spiro atoms. The molecule has 2 aliphatic heterocycles. The highest BCUT2D eigenvalue weighted by Gasteiger charge is 2.27. The van der Waals surface area contributed by atoms with Crippen molar-refractivity contribution in [3.63, 3.8) is 0 Å². The molecular formula is C25H36N4O5S. The average molecular weight is 505 g/mol. The first-order valence-electron chi connectivity index (χ1n) is 12.7. The number of hydrogen-bond acceptors (Lipinski definition) is 6. The van der Waals surface area contributed by atoms with E-state index in [1.165, 1.54) is 42.1 Å². The number of nitrogens with one attached hydrogen (secondary N) is 1. The van der Waals surface area contributed by atoms with Crippen molar-refractivity contribution in [2.45, 2.75) is 50.5 Å². The van der Waals surface area contributed by atoms with Gasteiger partial charge in [0.25, 0.3) is 5.91 Å². The van der Waals surface area contributed by atoms with Crippen molar-refractivity contribution in [1.29, 1.82) is 0 Å². The first-order valence-corrected chi connectivity index (χ1v) is 14.1. The van der Waals surface area contributed by atoms with Gasteiger partial charge in [0, 0.05) is 37.8 Å². The fourth-order valence-corrected chi connectivity index (χ4v) is 6.29. The normalized spacial score (nSPS) is 18.4. The van der Waals surface area contributed by atoms with E-state index in [1.807, 2.05) is 11.5 Å². The van der Waals surface area contributed by atoms with Gasteiger partial charge in [0.05, 0.1) is 23.6 Å². The SMILES string of the molecule is CCn1cc(C(=O)NCCCN2CCCCCC2)c(=O)c2cc(S(=O)(=O)N3CCOCC3)ccc21. The highest BCUT2D eigenvalue weighted by Crippen LogP contribution is 2.22. The topological polar surface area (TPSA) is 101 Å². The Morgan fingerprint density at radius 3 is 2.46 bits per heavy atom. The van der Waals surface area contributed by atoms with Crippen molar-refractivity contribution < 1.29 is 17.9 Å². The summed E-state index contributed by atoms with van der Waals surface area (Å²) >= 11 is 0. The Balaban J connectivity index is 1.53. The fourth-order valence-electron chi connectivity index (χ4n) is 4.86. The van der Waals surface area contributed by atoms with Crippen molar-refractivity contribution in [3.05, 3.63) is 40.2 Å². The minimum atomic E-state index is -3.75. The van der Waals surface area contributed by atoms with Gasteiger partial charge in [0.2, 0.25) is 15.5 Å². The van der Waals surface area contributed by atoms with E-state index in [4.69, 9.17) is 4.74 Å². The van der Waals surface area contributed by atoms with Gasteiger partial charge in [-0.3, -0.25) is 9.59 Å². The average Bonchev–Trinajstić information content (AvgIpc) is 3.16. The number of hydrogen-bond donors (Lipinski definition) is 1. The molecule has 0 atom stereocenters. The summed E-state index contributed by atoms with van der Waals surface area (Å²) in [6.45, 7) is 7.34. The van der Waals surface area contributed by atoms with E-state index in [1.54, 1.807) is 12.3 Å². The van der Waals surface area contributed by atoms with E-state index in [0.717, 1.165) is 26.1 Å². The van der Waals surface area contributed by atoms with Crippen LogP contribution in [0.25, 0.3) is 10.9 Å². The Hall–Kier alpha value is -2.27. The molecule has 0 radical (unpaired) electrons. The first-order chi connectivity index (χ1) is 16.9. The van der Waals surface area contributed by atoms with Gasteiger partial charge >= 0.3 is 0 Å². The zero-order valence-electron chi connectivity index (χ0n) is 20.5. The molecule has 0 bridgehead atoms.